The van der Waals surface area contributed by atoms with Crippen molar-refractivity contribution in [2.45, 2.75) is 31.5 Å². The maximum absolute atomic E-state index is 13.8. The minimum Gasteiger partial charge on any atom is -0.391 e. The third kappa shape index (κ3) is 3.15. The van der Waals surface area contributed by atoms with Gasteiger partial charge < -0.3 is 20.0 Å². The molecule has 4 rings (SSSR count). The topological polar surface area (TPSA) is 82.9 Å². The van der Waals surface area contributed by atoms with E-state index in [1.165, 1.54) is 12.1 Å². The van der Waals surface area contributed by atoms with E-state index in [9.17, 15) is 14.3 Å². The molecule has 3 atom stereocenters. The Labute approximate surface area is 143 Å². The molecule has 0 bridgehead atoms. The van der Waals surface area contributed by atoms with E-state index < -0.39 is 6.10 Å². The van der Waals surface area contributed by atoms with Gasteiger partial charge in [-0.3, -0.25) is 4.79 Å². The van der Waals surface area contributed by atoms with Gasteiger partial charge in [0.2, 0.25) is 0 Å². The average Bonchev–Trinajstić information content (AvgIpc) is 3.29. The minimum atomic E-state index is -0.585. The highest BCUT2D eigenvalue weighted by molar-refractivity contribution is 5.98. The van der Waals surface area contributed by atoms with Crippen LogP contribution in [0.5, 0.6) is 0 Å². The highest BCUT2D eigenvalue weighted by Gasteiger charge is 2.34. The molecule has 2 aromatic heterocycles. The number of rotatable bonds is 4. The van der Waals surface area contributed by atoms with Crippen molar-refractivity contribution < 1.29 is 14.3 Å². The van der Waals surface area contributed by atoms with E-state index in [1.807, 2.05) is 10.8 Å². The summed E-state index contributed by atoms with van der Waals surface area (Å²) >= 11 is 0. The third-order valence-corrected chi connectivity index (χ3v) is 4.83. The number of aliphatic hydroxyl groups excluding tert-OH is 1. The monoisotopic (exact) mass is 342 g/mol. The Bertz CT molecular complexity index is 890. The summed E-state index contributed by atoms with van der Waals surface area (Å²) in [6.45, 7) is 0.765. The predicted octanol–water partition coefficient (Wildman–Crippen LogP) is 2.07. The lowest BCUT2D eigenvalue weighted by atomic mass is 10.1. The lowest BCUT2D eigenvalue weighted by Gasteiger charge is -2.15. The molecule has 1 aromatic carbocycles. The maximum atomic E-state index is 13.8. The number of carbonyl (C=O) groups is 1. The van der Waals surface area contributed by atoms with Crippen LogP contribution in [0.4, 0.5) is 4.39 Å². The number of imidazole rings is 1. The van der Waals surface area contributed by atoms with Crippen molar-refractivity contribution in [3.05, 3.63) is 54.5 Å². The number of carbonyl (C=O) groups excluding carboxylic acids is 1. The van der Waals surface area contributed by atoms with Crippen LogP contribution in [-0.2, 0) is 6.54 Å². The average molecular weight is 342 g/mol. The Hall–Kier alpha value is -2.67. The fourth-order valence-electron chi connectivity index (χ4n) is 3.60. The van der Waals surface area contributed by atoms with Crippen molar-refractivity contribution in [3.63, 3.8) is 0 Å². The largest absolute Gasteiger partial charge is 0.391 e. The van der Waals surface area contributed by atoms with Crippen molar-refractivity contribution in [2.75, 3.05) is 0 Å². The molecule has 1 amide bonds. The van der Waals surface area contributed by atoms with E-state index in [4.69, 9.17) is 0 Å². The van der Waals surface area contributed by atoms with E-state index >= 15 is 0 Å². The Kier molecular flexibility index (Phi) is 4.01. The molecule has 1 unspecified atom stereocenters. The van der Waals surface area contributed by atoms with Gasteiger partial charge in [0.1, 0.15) is 11.5 Å². The number of nitrogens with zero attached hydrogens (tertiary/aromatic N) is 2. The maximum Gasteiger partial charge on any atom is 0.268 e. The highest BCUT2D eigenvalue weighted by Crippen LogP contribution is 2.28. The Morgan fingerprint density at radius 2 is 2.32 bits per heavy atom. The molecule has 1 aliphatic rings. The Balaban J connectivity index is 1.43. The molecular weight excluding hydrogens is 323 g/mol. The van der Waals surface area contributed by atoms with Crippen molar-refractivity contribution >= 4 is 16.8 Å². The summed E-state index contributed by atoms with van der Waals surface area (Å²) in [6.07, 6.45) is 6.09. The molecule has 0 aliphatic heterocycles. The van der Waals surface area contributed by atoms with Gasteiger partial charge in [-0.15, -0.1) is 0 Å². The first-order chi connectivity index (χ1) is 12.1. The molecule has 3 aromatic rings. The molecule has 130 valence electrons. The van der Waals surface area contributed by atoms with E-state index in [0.29, 0.717) is 29.4 Å². The number of hydrogen-bond donors (Lipinski definition) is 3. The molecule has 1 saturated carbocycles. The lowest BCUT2D eigenvalue weighted by molar-refractivity contribution is 0.0869. The lowest BCUT2D eigenvalue weighted by Crippen LogP contribution is -2.40. The molecule has 1 fully saturated rings. The number of aromatic amines is 1. The van der Waals surface area contributed by atoms with Crippen LogP contribution < -0.4 is 5.32 Å². The summed E-state index contributed by atoms with van der Waals surface area (Å²) in [6, 6.07) is 5.87. The van der Waals surface area contributed by atoms with Crippen LogP contribution in [0.1, 0.15) is 23.3 Å². The fraction of sp³-hybridized carbons (Fsp3) is 0.333. The minimum absolute atomic E-state index is 0.273. The van der Waals surface area contributed by atoms with Crippen LogP contribution in [0.2, 0.25) is 0 Å². The zero-order chi connectivity index (χ0) is 17.4. The first kappa shape index (κ1) is 15.8. The Morgan fingerprint density at radius 1 is 1.44 bits per heavy atom. The molecule has 3 N–H and O–H groups in total. The summed E-state index contributed by atoms with van der Waals surface area (Å²) in [4.78, 5) is 19.4. The highest BCUT2D eigenvalue weighted by atomic mass is 19.1. The second-order valence-electron chi connectivity index (χ2n) is 6.63. The quantitative estimate of drug-likeness (QED) is 0.679. The summed E-state index contributed by atoms with van der Waals surface area (Å²) in [7, 11) is 0. The second-order valence-corrected chi connectivity index (χ2v) is 6.63. The number of nitrogens with one attached hydrogen (secondary N) is 2. The van der Waals surface area contributed by atoms with Crippen LogP contribution in [0.25, 0.3) is 10.9 Å². The van der Waals surface area contributed by atoms with Crippen LogP contribution in [-0.4, -0.2) is 37.7 Å². The van der Waals surface area contributed by atoms with Gasteiger partial charge in [0.15, 0.2) is 0 Å². The summed E-state index contributed by atoms with van der Waals surface area (Å²) in [5.74, 6) is -0.424. The number of aromatic nitrogens is 3. The van der Waals surface area contributed by atoms with Gasteiger partial charge in [-0.05, 0) is 37.0 Å². The summed E-state index contributed by atoms with van der Waals surface area (Å²) in [5.41, 5.74) is 0.875. The van der Waals surface area contributed by atoms with E-state index in [0.717, 1.165) is 6.54 Å². The third-order valence-electron chi connectivity index (χ3n) is 4.83. The zero-order valence-electron chi connectivity index (χ0n) is 13.5. The molecule has 7 heteroatoms. The molecule has 2 heterocycles. The zero-order valence-corrected chi connectivity index (χ0v) is 13.5. The molecular formula is C18H19FN4O2. The van der Waals surface area contributed by atoms with Crippen molar-refractivity contribution in [1.29, 1.82) is 0 Å². The number of benzene rings is 1. The molecule has 0 radical (unpaired) electrons. The van der Waals surface area contributed by atoms with Crippen LogP contribution in [0.3, 0.4) is 0 Å². The van der Waals surface area contributed by atoms with Gasteiger partial charge in [0, 0.05) is 29.8 Å². The number of halogens is 1. The Morgan fingerprint density at radius 3 is 3.08 bits per heavy atom. The second kappa shape index (κ2) is 6.33. The van der Waals surface area contributed by atoms with Crippen LogP contribution >= 0.6 is 0 Å². The fourth-order valence-corrected chi connectivity index (χ4v) is 3.60. The predicted molar refractivity (Wildman–Crippen MR) is 90.5 cm³/mol. The standard InChI is InChI=1S/C18H19FN4O2/c19-13-2-1-3-14-12(13)8-16(21-14)18(25)22-15-6-11(7-17(15)24)9-23-5-4-20-10-23/h1-5,8,10-11,15,17,21,24H,6-7,9H2,(H,22,25)/t11?,15-,17-/m1/s1. The van der Waals surface area contributed by atoms with Crippen LogP contribution in [0.15, 0.2) is 43.0 Å². The number of hydrogen-bond acceptors (Lipinski definition) is 3. The number of H-pyrrole nitrogens is 1. The van der Waals surface area contributed by atoms with Gasteiger partial charge in [-0.1, -0.05) is 6.07 Å². The van der Waals surface area contributed by atoms with Crippen molar-refractivity contribution in [2.24, 2.45) is 5.92 Å². The smallest absolute Gasteiger partial charge is 0.268 e. The first-order valence-electron chi connectivity index (χ1n) is 8.32. The molecule has 0 saturated heterocycles. The summed E-state index contributed by atoms with van der Waals surface area (Å²) in [5, 5.41) is 13.5. The number of amides is 1. The van der Waals surface area contributed by atoms with Gasteiger partial charge in [-0.25, -0.2) is 9.37 Å². The summed E-state index contributed by atoms with van der Waals surface area (Å²) < 4.78 is 15.7. The van der Waals surface area contributed by atoms with Gasteiger partial charge >= 0.3 is 0 Å². The molecule has 25 heavy (non-hydrogen) atoms. The normalized spacial score (nSPS) is 23.2. The van der Waals surface area contributed by atoms with Crippen LogP contribution in [0, 0.1) is 11.7 Å². The van der Waals surface area contributed by atoms with E-state index in [2.05, 4.69) is 15.3 Å². The first-order valence-corrected chi connectivity index (χ1v) is 8.32. The number of fused-ring (bicyclic) bond motifs is 1. The van der Waals surface area contributed by atoms with Gasteiger partial charge in [0.05, 0.1) is 18.5 Å². The molecule has 6 nitrogen and oxygen atoms in total. The van der Waals surface area contributed by atoms with Crippen molar-refractivity contribution in [3.8, 4) is 0 Å². The van der Waals surface area contributed by atoms with Crippen molar-refractivity contribution in [1.82, 2.24) is 19.9 Å². The number of aliphatic hydroxyl groups is 1. The van der Waals surface area contributed by atoms with Gasteiger partial charge in [-0.2, -0.15) is 0 Å². The van der Waals surface area contributed by atoms with Gasteiger partial charge in [0.25, 0.3) is 5.91 Å². The van der Waals surface area contributed by atoms with E-state index in [-0.39, 0.29) is 23.7 Å². The molecule has 0 spiro atoms. The molecule has 1 aliphatic carbocycles. The van der Waals surface area contributed by atoms with E-state index in [1.54, 1.807) is 24.7 Å². The SMILES string of the molecule is O=C(N[C@@H]1CC(Cn2ccnc2)C[C@H]1O)c1cc2c(F)cccc2[nH]1.